The Bertz CT molecular complexity index is 1230. The van der Waals surface area contributed by atoms with Crippen molar-refractivity contribution in [2.24, 2.45) is 0 Å². The second kappa shape index (κ2) is 7.66. The molecule has 7 nitrogen and oxygen atoms in total. The Morgan fingerprint density at radius 3 is 2.80 bits per heavy atom. The largest absolute Gasteiger partial charge is 0.477 e. The van der Waals surface area contributed by atoms with Gasteiger partial charge >= 0.3 is 5.97 Å². The van der Waals surface area contributed by atoms with Crippen LogP contribution >= 0.6 is 11.6 Å². The van der Waals surface area contributed by atoms with Crippen molar-refractivity contribution < 1.29 is 18.7 Å². The number of fused-ring (bicyclic) bond motifs is 1. The first-order valence-electron chi connectivity index (χ1n) is 9.19. The molecule has 10 heteroatoms. The van der Waals surface area contributed by atoms with Crippen LogP contribution in [0.5, 0.6) is 0 Å². The summed E-state index contributed by atoms with van der Waals surface area (Å²) in [6, 6.07) is 3.27. The SMILES string of the molecule is CC1CN(c2c(F)cc3c(=O)c(C(=O)O)cn(-c4cc(F)ccn4)c3c2Cl)CCN1. The lowest BCUT2D eigenvalue weighted by molar-refractivity contribution is 0.0695. The van der Waals surface area contributed by atoms with Gasteiger partial charge in [0, 0.05) is 44.1 Å². The number of hydrogen-bond acceptors (Lipinski definition) is 5. The first kappa shape index (κ1) is 20.2. The summed E-state index contributed by atoms with van der Waals surface area (Å²) in [4.78, 5) is 30.1. The highest BCUT2D eigenvalue weighted by Crippen LogP contribution is 2.37. The van der Waals surface area contributed by atoms with Crippen LogP contribution in [0.25, 0.3) is 16.7 Å². The quantitative estimate of drug-likeness (QED) is 0.659. The smallest absolute Gasteiger partial charge is 0.341 e. The van der Waals surface area contributed by atoms with E-state index in [1.807, 2.05) is 6.92 Å². The van der Waals surface area contributed by atoms with E-state index in [-0.39, 0.29) is 33.5 Å². The number of carboxylic acid groups (broad SMARTS) is 1. The van der Waals surface area contributed by atoms with Gasteiger partial charge in [0.25, 0.3) is 0 Å². The molecule has 30 heavy (non-hydrogen) atoms. The van der Waals surface area contributed by atoms with Crippen LogP contribution in [-0.4, -0.2) is 46.3 Å². The van der Waals surface area contributed by atoms with E-state index < -0.39 is 28.6 Å². The van der Waals surface area contributed by atoms with Gasteiger partial charge in [0.1, 0.15) is 23.0 Å². The number of nitrogens with one attached hydrogen (secondary N) is 1. The maximum atomic E-state index is 15.1. The number of anilines is 1. The third-order valence-electron chi connectivity index (χ3n) is 5.03. The van der Waals surface area contributed by atoms with Crippen LogP contribution in [0.15, 0.2) is 35.4 Å². The number of rotatable bonds is 3. The summed E-state index contributed by atoms with van der Waals surface area (Å²) in [6.07, 6.45) is 2.23. The number of carbonyl (C=O) groups is 1. The molecule has 4 rings (SSSR count). The van der Waals surface area contributed by atoms with E-state index in [4.69, 9.17) is 11.6 Å². The van der Waals surface area contributed by atoms with E-state index in [1.165, 1.54) is 10.8 Å². The Hall–Kier alpha value is -3.04. The standard InChI is InChI=1S/C20H17ClF2N4O3/c1-10-8-26(5-4-24-10)18-14(23)7-12-17(16(18)21)27(9-13(19(12)28)20(29)30)15-6-11(22)2-3-25-15/h2-3,6-7,9-10,24H,4-5,8H2,1H3,(H,29,30). The summed E-state index contributed by atoms with van der Waals surface area (Å²) in [5, 5.41) is 12.4. The fourth-order valence-corrected chi connectivity index (χ4v) is 4.09. The lowest BCUT2D eigenvalue weighted by atomic mass is 10.1. The van der Waals surface area contributed by atoms with Crippen molar-refractivity contribution in [1.82, 2.24) is 14.9 Å². The van der Waals surface area contributed by atoms with Gasteiger partial charge in [-0.15, -0.1) is 0 Å². The zero-order chi connectivity index (χ0) is 21.6. The van der Waals surface area contributed by atoms with E-state index in [2.05, 4.69) is 10.3 Å². The molecular formula is C20H17ClF2N4O3. The molecule has 1 fully saturated rings. The van der Waals surface area contributed by atoms with Crippen molar-refractivity contribution in [3.05, 3.63) is 63.0 Å². The van der Waals surface area contributed by atoms with Crippen LogP contribution in [0, 0.1) is 11.6 Å². The number of aromatic nitrogens is 2. The molecule has 2 N–H and O–H groups in total. The van der Waals surface area contributed by atoms with Crippen molar-refractivity contribution in [1.29, 1.82) is 0 Å². The minimum Gasteiger partial charge on any atom is -0.477 e. The Labute approximate surface area is 174 Å². The second-order valence-electron chi connectivity index (χ2n) is 7.10. The van der Waals surface area contributed by atoms with Gasteiger partial charge in [-0.2, -0.15) is 0 Å². The molecule has 1 saturated heterocycles. The number of pyridine rings is 2. The predicted octanol–water partition coefficient (Wildman–Crippen LogP) is 2.81. The number of hydrogen-bond donors (Lipinski definition) is 2. The fraction of sp³-hybridized carbons (Fsp3) is 0.250. The maximum Gasteiger partial charge on any atom is 0.341 e. The Kier molecular flexibility index (Phi) is 5.17. The van der Waals surface area contributed by atoms with E-state index in [0.717, 1.165) is 24.4 Å². The lowest BCUT2D eigenvalue weighted by Crippen LogP contribution is -2.49. The summed E-state index contributed by atoms with van der Waals surface area (Å²) < 4.78 is 30.1. The van der Waals surface area contributed by atoms with E-state index in [9.17, 15) is 19.1 Å². The molecule has 1 atom stereocenters. The lowest BCUT2D eigenvalue weighted by Gasteiger charge is -2.34. The van der Waals surface area contributed by atoms with Gasteiger partial charge < -0.3 is 15.3 Å². The Morgan fingerprint density at radius 2 is 2.13 bits per heavy atom. The van der Waals surface area contributed by atoms with Crippen LogP contribution in [0.4, 0.5) is 14.5 Å². The summed E-state index contributed by atoms with van der Waals surface area (Å²) in [7, 11) is 0. The van der Waals surface area contributed by atoms with Crippen LogP contribution in [0.3, 0.4) is 0 Å². The third kappa shape index (κ3) is 3.40. The van der Waals surface area contributed by atoms with Crippen molar-refractivity contribution in [2.75, 3.05) is 24.5 Å². The number of halogens is 3. The van der Waals surface area contributed by atoms with Crippen LogP contribution in [-0.2, 0) is 0 Å². The molecule has 0 spiro atoms. The molecule has 0 amide bonds. The molecule has 1 unspecified atom stereocenters. The minimum atomic E-state index is -1.50. The zero-order valence-electron chi connectivity index (χ0n) is 15.8. The molecule has 0 radical (unpaired) electrons. The van der Waals surface area contributed by atoms with Gasteiger partial charge in [-0.3, -0.25) is 9.36 Å². The van der Waals surface area contributed by atoms with Crippen molar-refractivity contribution in [3.8, 4) is 5.82 Å². The van der Waals surface area contributed by atoms with Crippen molar-refractivity contribution in [3.63, 3.8) is 0 Å². The highest BCUT2D eigenvalue weighted by Gasteiger charge is 2.26. The van der Waals surface area contributed by atoms with E-state index in [1.54, 1.807) is 4.90 Å². The van der Waals surface area contributed by atoms with Gasteiger partial charge in [0.05, 0.1) is 21.6 Å². The maximum absolute atomic E-state index is 15.1. The topological polar surface area (TPSA) is 87.5 Å². The molecule has 0 aliphatic carbocycles. The van der Waals surface area contributed by atoms with Crippen LogP contribution in [0.1, 0.15) is 17.3 Å². The molecule has 156 valence electrons. The molecule has 0 bridgehead atoms. The highest BCUT2D eigenvalue weighted by atomic mass is 35.5. The first-order valence-corrected chi connectivity index (χ1v) is 9.56. The minimum absolute atomic E-state index is 0.00985. The average molecular weight is 435 g/mol. The Morgan fingerprint density at radius 1 is 1.37 bits per heavy atom. The monoisotopic (exact) mass is 434 g/mol. The number of carboxylic acids is 1. The van der Waals surface area contributed by atoms with Gasteiger partial charge in [0.2, 0.25) is 5.43 Å². The number of piperazine rings is 1. The fourth-order valence-electron chi connectivity index (χ4n) is 3.69. The molecule has 1 aromatic carbocycles. The van der Waals surface area contributed by atoms with E-state index >= 15 is 4.39 Å². The highest BCUT2D eigenvalue weighted by molar-refractivity contribution is 6.38. The van der Waals surface area contributed by atoms with Crippen molar-refractivity contribution >= 4 is 34.2 Å². The van der Waals surface area contributed by atoms with E-state index in [0.29, 0.717) is 19.6 Å². The summed E-state index contributed by atoms with van der Waals surface area (Å²) in [5.74, 6) is -2.84. The predicted molar refractivity (Wildman–Crippen MR) is 109 cm³/mol. The van der Waals surface area contributed by atoms with Gasteiger partial charge in [-0.1, -0.05) is 11.6 Å². The summed E-state index contributed by atoms with van der Waals surface area (Å²) in [5.41, 5.74) is -1.32. The molecule has 3 aromatic rings. The normalized spacial score (nSPS) is 16.8. The molecule has 0 saturated carbocycles. The van der Waals surface area contributed by atoms with Gasteiger partial charge in [0.15, 0.2) is 0 Å². The third-order valence-corrected chi connectivity index (χ3v) is 5.38. The molecular weight excluding hydrogens is 418 g/mol. The first-order chi connectivity index (χ1) is 14.3. The average Bonchev–Trinajstić information content (AvgIpc) is 2.68. The number of nitrogens with zero attached hydrogens (tertiary/aromatic N) is 3. The summed E-state index contributed by atoms with van der Waals surface area (Å²) in [6.45, 7) is 3.54. The zero-order valence-corrected chi connectivity index (χ0v) is 16.6. The molecule has 3 heterocycles. The molecule has 2 aromatic heterocycles. The summed E-state index contributed by atoms with van der Waals surface area (Å²) >= 11 is 6.60. The molecule has 1 aliphatic rings. The molecule has 1 aliphatic heterocycles. The second-order valence-corrected chi connectivity index (χ2v) is 7.48. The number of benzene rings is 1. The van der Waals surface area contributed by atoms with Gasteiger partial charge in [-0.25, -0.2) is 18.6 Å². The van der Waals surface area contributed by atoms with Crippen molar-refractivity contribution in [2.45, 2.75) is 13.0 Å². The Balaban J connectivity index is 2.08. The van der Waals surface area contributed by atoms with Gasteiger partial charge in [-0.05, 0) is 19.1 Å². The van der Waals surface area contributed by atoms with Crippen LogP contribution < -0.4 is 15.6 Å². The number of aromatic carboxylic acids is 1. The van der Waals surface area contributed by atoms with Crippen LogP contribution in [0.2, 0.25) is 5.02 Å².